The van der Waals surface area contributed by atoms with Crippen LogP contribution in [0.4, 0.5) is 35.9 Å². The van der Waals surface area contributed by atoms with Crippen molar-refractivity contribution in [3.63, 3.8) is 0 Å². The molecule has 0 saturated heterocycles. The van der Waals surface area contributed by atoms with Gasteiger partial charge in [0.05, 0.1) is 27.1 Å². The minimum absolute atomic E-state index is 0.0672. The van der Waals surface area contributed by atoms with E-state index in [-0.39, 0.29) is 30.7 Å². The van der Waals surface area contributed by atoms with Crippen molar-refractivity contribution in [1.82, 2.24) is 0 Å². The molecule has 0 fully saturated rings. The quantitative estimate of drug-likeness (QED) is 0.188. The zero-order valence-electron chi connectivity index (χ0n) is 21.3. The lowest BCUT2D eigenvalue weighted by Gasteiger charge is -2.35. The predicted octanol–water partition coefficient (Wildman–Crippen LogP) is 6.75. The van der Waals surface area contributed by atoms with Crippen LogP contribution in [0.5, 0.6) is 5.75 Å². The number of fused-ring (bicyclic) bond motifs is 1. The van der Waals surface area contributed by atoms with Crippen LogP contribution in [0.15, 0.2) is 36.4 Å². The number of para-hydroxylation sites is 2. The first-order valence-corrected chi connectivity index (χ1v) is 12.7. The summed E-state index contributed by atoms with van der Waals surface area (Å²) in [5.41, 5.74) is -2.89. The second-order valence-electron chi connectivity index (χ2n) is 8.50. The maximum absolute atomic E-state index is 12.8. The Morgan fingerprint density at radius 3 is 2.05 bits per heavy atom. The first kappa shape index (κ1) is 31.9. The second kappa shape index (κ2) is 13.7. The van der Waals surface area contributed by atoms with Gasteiger partial charge in [-0.3, -0.25) is 25.0 Å². The van der Waals surface area contributed by atoms with Crippen LogP contribution >= 0.6 is 23.2 Å². The molecule has 0 radical (unpaired) electrons. The molecule has 2 aromatic carbocycles. The number of hydrogen-bond donors (Lipinski definition) is 0. The molecular formula is C24H27Cl2F3N4O6. The number of amides is 1. The van der Waals surface area contributed by atoms with Crippen molar-refractivity contribution in [2.75, 3.05) is 29.5 Å². The molecule has 214 valence electrons. The van der Waals surface area contributed by atoms with Gasteiger partial charge < -0.3 is 14.5 Å². The number of ether oxygens (including phenoxy) is 1. The summed E-state index contributed by atoms with van der Waals surface area (Å²) >= 11 is 11.3. The van der Waals surface area contributed by atoms with Gasteiger partial charge in [-0.05, 0) is 31.9 Å². The number of nitro groups is 2. The Bertz CT molecular complexity index is 1160. The van der Waals surface area contributed by atoms with Gasteiger partial charge in [-0.2, -0.15) is 13.2 Å². The minimum Gasteiger partial charge on any atom is -0.489 e. The highest BCUT2D eigenvalue weighted by molar-refractivity contribution is 6.54. The van der Waals surface area contributed by atoms with Crippen molar-refractivity contribution in [1.29, 1.82) is 0 Å². The smallest absolute Gasteiger partial charge is 0.416 e. The van der Waals surface area contributed by atoms with Gasteiger partial charge in [-0.25, -0.2) is 0 Å². The molecule has 15 heteroatoms. The number of nitrogens with zero attached hydrogens (tertiary/aromatic N) is 4. The lowest BCUT2D eigenvalue weighted by Crippen LogP contribution is -2.47. The van der Waals surface area contributed by atoms with Crippen molar-refractivity contribution in [2.45, 2.75) is 50.7 Å². The van der Waals surface area contributed by atoms with Crippen LogP contribution in [-0.2, 0) is 11.0 Å². The monoisotopic (exact) mass is 594 g/mol. The lowest BCUT2D eigenvalue weighted by molar-refractivity contribution is -0.393. The Hall–Kier alpha value is -3.32. The molecule has 1 atom stereocenters. The van der Waals surface area contributed by atoms with Gasteiger partial charge >= 0.3 is 6.18 Å². The van der Waals surface area contributed by atoms with Crippen LogP contribution in [0.25, 0.3) is 0 Å². The third-order valence-electron chi connectivity index (χ3n) is 5.56. The third-order valence-corrected chi connectivity index (χ3v) is 5.94. The van der Waals surface area contributed by atoms with Crippen molar-refractivity contribution < 1.29 is 32.5 Å². The summed E-state index contributed by atoms with van der Waals surface area (Å²) in [5.74, 6) is 0.370. The Labute approximate surface area is 232 Å². The van der Waals surface area contributed by atoms with E-state index in [0.717, 1.165) is 5.69 Å². The first-order chi connectivity index (χ1) is 18.2. The number of carbonyl (C=O) groups is 1. The SMILES string of the molecule is CC1COc2ccccc2N1C(=O)C(Cl)Cl.CCCN(CCC)c1c([N+](=O)[O-])cc(C(F)(F)F)cc1[N+](=O)[O-]. The van der Waals surface area contributed by atoms with Crippen LogP contribution < -0.4 is 14.5 Å². The lowest BCUT2D eigenvalue weighted by atomic mass is 10.1. The molecule has 2 aromatic rings. The topological polar surface area (TPSA) is 119 Å². The van der Waals surface area contributed by atoms with Crippen LogP contribution in [0, 0.1) is 20.2 Å². The van der Waals surface area contributed by atoms with Gasteiger partial charge in [-0.1, -0.05) is 49.2 Å². The fraction of sp³-hybridized carbons (Fsp3) is 0.458. The molecule has 0 N–H and O–H groups in total. The van der Waals surface area contributed by atoms with E-state index in [9.17, 15) is 38.2 Å². The molecule has 3 rings (SSSR count). The largest absolute Gasteiger partial charge is 0.489 e. The van der Waals surface area contributed by atoms with Gasteiger partial charge in [0.15, 0.2) is 10.5 Å². The number of anilines is 2. The molecule has 1 unspecified atom stereocenters. The van der Waals surface area contributed by atoms with E-state index >= 15 is 0 Å². The minimum atomic E-state index is -4.91. The Morgan fingerprint density at radius 1 is 1.10 bits per heavy atom. The van der Waals surface area contributed by atoms with Gasteiger partial charge in [0.25, 0.3) is 17.3 Å². The molecule has 0 aliphatic carbocycles. The maximum atomic E-state index is 12.8. The third kappa shape index (κ3) is 7.85. The van der Waals surface area contributed by atoms with Gasteiger partial charge in [-0.15, -0.1) is 0 Å². The highest BCUT2D eigenvalue weighted by atomic mass is 35.5. The molecule has 0 saturated carbocycles. The molecule has 0 aromatic heterocycles. The number of hydrogen-bond acceptors (Lipinski definition) is 7. The Morgan fingerprint density at radius 2 is 1.62 bits per heavy atom. The molecule has 0 spiro atoms. The Balaban J connectivity index is 0.000000290. The predicted molar refractivity (Wildman–Crippen MR) is 142 cm³/mol. The first-order valence-electron chi connectivity index (χ1n) is 11.9. The highest BCUT2D eigenvalue weighted by Crippen LogP contribution is 2.43. The summed E-state index contributed by atoms with van der Waals surface area (Å²) < 4.78 is 44.1. The van der Waals surface area contributed by atoms with Gasteiger partial charge in [0.1, 0.15) is 12.4 Å². The summed E-state index contributed by atoms with van der Waals surface area (Å²) in [4.78, 5) is 34.1. The number of nitro benzene ring substituents is 2. The fourth-order valence-corrected chi connectivity index (χ4v) is 4.20. The summed E-state index contributed by atoms with van der Waals surface area (Å²) in [7, 11) is 0. The van der Waals surface area contributed by atoms with Crippen molar-refractivity contribution in [3.8, 4) is 5.75 Å². The average molecular weight is 595 g/mol. The van der Waals surface area contributed by atoms with E-state index in [1.165, 1.54) is 4.90 Å². The van der Waals surface area contributed by atoms with Crippen molar-refractivity contribution >= 4 is 51.9 Å². The second-order valence-corrected chi connectivity index (χ2v) is 9.60. The average Bonchev–Trinajstić information content (AvgIpc) is 2.87. The normalized spacial score (nSPS) is 14.6. The van der Waals surface area contributed by atoms with E-state index in [0.29, 0.717) is 37.3 Å². The zero-order chi connectivity index (χ0) is 29.5. The van der Waals surface area contributed by atoms with E-state index in [4.69, 9.17) is 27.9 Å². The standard InChI is InChI=1S/C13H16F3N3O4.C11H11Cl2NO2/c1-3-5-17(6-4-2)12-10(18(20)21)7-9(13(14,15)16)8-11(12)19(22)23;1-7-6-16-9-5-3-2-4-8(9)14(7)11(15)10(12)13/h7-8H,3-6H2,1-2H3;2-5,7,10H,6H2,1H3. The Kier molecular flexibility index (Phi) is 11.2. The summed E-state index contributed by atoms with van der Waals surface area (Å²) in [6, 6.07) is 7.97. The molecule has 0 bridgehead atoms. The zero-order valence-corrected chi connectivity index (χ0v) is 22.8. The van der Waals surface area contributed by atoms with Crippen LogP contribution in [0.2, 0.25) is 0 Å². The number of halogens is 5. The fourth-order valence-electron chi connectivity index (χ4n) is 3.99. The van der Waals surface area contributed by atoms with E-state index in [1.807, 2.05) is 31.2 Å². The van der Waals surface area contributed by atoms with Crippen molar-refractivity contribution in [2.24, 2.45) is 0 Å². The molecule has 1 aliphatic rings. The molecule has 1 aliphatic heterocycles. The summed E-state index contributed by atoms with van der Waals surface area (Å²) in [6.07, 6.45) is -3.83. The number of carbonyl (C=O) groups excluding carboxylic acids is 1. The molecule has 1 heterocycles. The number of alkyl halides is 5. The molecule has 39 heavy (non-hydrogen) atoms. The molecule has 1 amide bonds. The van der Waals surface area contributed by atoms with E-state index < -0.39 is 37.8 Å². The van der Waals surface area contributed by atoms with Crippen molar-refractivity contribution in [3.05, 3.63) is 62.2 Å². The van der Waals surface area contributed by atoms with Gasteiger partial charge in [0, 0.05) is 25.2 Å². The molecular weight excluding hydrogens is 568 g/mol. The molecule has 10 nitrogen and oxygen atoms in total. The maximum Gasteiger partial charge on any atom is 0.416 e. The number of rotatable bonds is 8. The van der Waals surface area contributed by atoms with Crippen LogP contribution in [-0.4, -0.2) is 46.3 Å². The van der Waals surface area contributed by atoms with Crippen LogP contribution in [0.3, 0.4) is 0 Å². The van der Waals surface area contributed by atoms with E-state index in [1.54, 1.807) is 18.7 Å². The summed E-state index contributed by atoms with van der Waals surface area (Å²) in [5, 5.41) is 22.4. The highest BCUT2D eigenvalue weighted by Gasteiger charge is 2.39. The summed E-state index contributed by atoms with van der Waals surface area (Å²) in [6.45, 7) is 6.41. The van der Waals surface area contributed by atoms with Crippen LogP contribution in [0.1, 0.15) is 39.2 Å². The van der Waals surface area contributed by atoms with E-state index in [2.05, 4.69) is 0 Å². The number of benzene rings is 2. The van der Waals surface area contributed by atoms with Gasteiger partial charge in [0.2, 0.25) is 0 Å².